The lowest BCUT2D eigenvalue weighted by atomic mass is 9.99. The van der Waals surface area contributed by atoms with Crippen LogP contribution in [0.3, 0.4) is 0 Å². The molecular formula is C53H94O10. The summed E-state index contributed by atoms with van der Waals surface area (Å²) in [5.74, 6) is -0.865. The Morgan fingerprint density at radius 1 is 0.492 bits per heavy atom. The largest absolute Gasteiger partial charge is 0.462 e. The molecule has 1 saturated heterocycles. The summed E-state index contributed by atoms with van der Waals surface area (Å²) in [5.41, 5.74) is 0. The lowest BCUT2D eigenvalue weighted by Crippen LogP contribution is -2.59. The summed E-state index contributed by atoms with van der Waals surface area (Å²) in [5, 5.41) is 40.2. The molecule has 1 aliphatic heterocycles. The van der Waals surface area contributed by atoms with Crippen LogP contribution < -0.4 is 0 Å². The van der Waals surface area contributed by atoms with Gasteiger partial charge in [-0.25, -0.2) is 0 Å². The lowest BCUT2D eigenvalue weighted by molar-refractivity contribution is -0.305. The summed E-state index contributed by atoms with van der Waals surface area (Å²) in [6.07, 6.45) is 45.5. The Hall–Kier alpha value is -2.34. The number of carbonyl (C=O) groups excluding carboxylic acids is 2. The molecule has 63 heavy (non-hydrogen) atoms. The van der Waals surface area contributed by atoms with Crippen molar-refractivity contribution >= 4 is 11.9 Å². The zero-order chi connectivity index (χ0) is 45.9. The van der Waals surface area contributed by atoms with Crippen molar-refractivity contribution in [2.24, 2.45) is 0 Å². The van der Waals surface area contributed by atoms with E-state index in [1.54, 1.807) is 0 Å². The Kier molecular flexibility index (Phi) is 40.6. The van der Waals surface area contributed by atoms with Gasteiger partial charge in [-0.2, -0.15) is 0 Å². The second-order valence-electron chi connectivity index (χ2n) is 17.6. The maximum atomic E-state index is 12.8. The molecule has 0 saturated carbocycles. The van der Waals surface area contributed by atoms with Crippen molar-refractivity contribution in [3.8, 4) is 0 Å². The third-order valence-electron chi connectivity index (χ3n) is 11.7. The fourth-order valence-electron chi connectivity index (χ4n) is 7.65. The Morgan fingerprint density at radius 3 is 1.38 bits per heavy atom. The number of aliphatic hydroxyl groups is 4. The third-order valence-corrected chi connectivity index (χ3v) is 11.7. The number of aliphatic hydroxyl groups excluding tert-OH is 4. The summed E-state index contributed by atoms with van der Waals surface area (Å²) in [6.45, 7) is 3.39. The first kappa shape index (κ1) is 58.7. The third kappa shape index (κ3) is 34.6. The summed E-state index contributed by atoms with van der Waals surface area (Å²) >= 11 is 0. The van der Waals surface area contributed by atoms with E-state index in [4.69, 9.17) is 18.9 Å². The molecule has 6 atom stereocenters. The average molecular weight is 891 g/mol. The van der Waals surface area contributed by atoms with E-state index < -0.39 is 49.4 Å². The van der Waals surface area contributed by atoms with Gasteiger partial charge in [0.2, 0.25) is 0 Å². The van der Waals surface area contributed by atoms with Gasteiger partial charge in [0.05, 0.1) is 13.2 Å². The molecule has 0 bridgehead atoms. The van der Waals surface area contributed by atoms with Crippen molar-refractivity contribution in [2.45, 2.75) is 256 Å². The molecule has 10 heteroatoms. The second kappa shape index (κ2) is 43.5. The predicted molar refractivity (Wildman–Crippen MR) is 256 cm³/mol. The Balaban J connectivity index is 2.31. The van der Waals surface area contributed by atoms with Crippen LogP contribution in [0.4, 0.5) is 0 Å². The zero-order valence-corrected chi connectivity index (χ0v) is 40.1. The fourth-order valence-corrected chi connectivity index (χ4v) is 7.65. The highest BCUT2D eigenvalue weighted by Crippen LogP contribution is 2.23. The Labute approximate surface area is 384 Å². The first-order valence-corrected chi connectivity index (χ1v) is 25.7. The van der Waals surface area contributed by atoms with E-state index in [1.165, 1.54) is 141 Å². The van der Waals surface area contributed by atoms with Gasteiger partial charge in [0.1, 0.15) is 31.0 Å². The highest BCUT2D eigenvalue weighted by atomic mass is 16.7. The van der Waals surface area contributed by atoms with Crippen LogP contribution in [0.1, 0.15) is 219 Å². The average Bonchev–Trinajstić information content (AvgIpc) is 3.28. The summed E-state index contributed by atoms with van der Waals surface area (Å²) in [4.78, 5) is 25.4. The quantitative estimate of drug-likeness (QED) is 0.0264. The monoisotopic (exact) mass is 891 g/mol. The van der Waals surface area contributed by atoms with Crippen LogP contribution in [0, 0.1) is 0 Å². The molecule has 10 nitrogen and oxygen atoms in total. The first-order valence-electron chi connectivity index (χ1n) is 25.7. The molecule has 0 radical (unpaired) electrons. The minimum Gasteiger partial charge on any atom is -0.462 e. The van der Waals surface area contributed by atoms with Crippen molar-refractivity contribution in [2.75, 3.05) is 19.8 Å². The smallest absolute Gasteiger partial charge is 0.306 e. The minimum atomic E-state index is -1.61. The van der Waals surface area contributed by atoms with Crippen molar-refractivity contribution in [1.29, 1.82) is 0 Å². The number of hydrogen-bond donors (Lipinski definition) is 4. The molecule has 1 rings (SSSR count). The van der Waals surface area contributed by atoms with Crippen molar-refractivity contribution < 1.29 is 49.0 Å². The molecule has 0 amide bonds. The van der Waals surface area contributed by atoms with E-state index in [0.717, 1.165) is 38.5 Å². The zero-order valence-electron chi connectivity index (χ0n) is 40.1. The van der Waals surface area contributed by atoms with Crippen LogP contribution in [0.2, 0.25) is 0 Å². The van der Waals surface area contributed by atoms with E-state index in [2.05, 4.69) is 56.4 Å². The van der Waals surface area contributed by atoms with Gasteiger partial charge in [0.25, 0.3) is 0 Å². The molecule has 0 aromatic carbocycles. The molecule has 4 N–H and O–H groups in total. The molecule has 2 unspecified atom stereocenters. The second-order valence-corrected chi connectivity index (χ2v) is 17.6. The van der Waals surface area contributed by atoms with Gasteiger partial charge in [-0.1, -0.05) is 204 Å². The van der Waals surface area contributed by atoms with E-state index in [1.807, 2.05) is 6.08 Å². The minimum absolute atomic E-state index is 0.155. The summed E-state index contributed by atoms with van der Waals surface area (Å²) < 4.78 is 22.2. The Bertz CT molecular complexity index is 1170. The molecule has 1 heterocycles. The standard InChI is InChI=1S/C53H94O10/c1-3-5-7-9-11-13-15-17-19-21-22-23-24-26-28-30-32-34-36-38-40-42-49(56)62-46(45-61-53-52(59)51(58)50(57)47(43-54)63-53)44-60-48(55)41-39-37-35-33-31-29-27-25-20-18-16-14-12-10-8-6-4-2/h19,21,23-24,28,30,34,36,46-47,50-54,57-59H,3-18,20,22,25-27,29,31-33,35,37-45H2,1-2H3/b21-19+,24-23+,30-28+,36-34+/t46-,47-,50+,51?,52?,53-/m1/s1. The molecule has 1 aliphatic rings. The predicted octanol–water partition coefficient (Wildman–Crippen LogP) is 12.0. The summed E-state index contributed by atoms with van der Waals surface area (Å²) in [7, 11) is 0. The van der Waals surface area contributed by atoms with Crippen LogP contribution in [-0.4, -0.2) is 89.0 Å². The molecule has 366 valence electrons. The van der Waals surface area contributed by atoms with E-state index in [-0.39, 0.29) is 32.0 Å². The lowest BCUT2D eigenvalue weighted by Gasteiger charge is -2.39. The number of allylic oxidation sites excluding steroid dienone is 8. The van der Waals surface area contributed by atoms with Crippen molar-refractivity contribution in [3.05, 3.63) is 48.6 Å². The van der Waals surface area contributed by atoms with Crippen LogP contribution in [0.25, 0.3) is 0 Å². The number of rotatable bonds is 43. The molecule has 0 aromatic heterocycles. The SMILES string of the molecule is CCCCCCCCC/C=C/C/C=C/C/C=C/C/C=C/CCCC(=O)O[C@H](COC(=O)CCCCCCCCCCCCCCCCCCC)CO[C@@H]1O[C@H](CO)[C@H](O)C(O)C1O. The van der Waals surface area contributed by atoms with E-state index in [0.29, 0.717) is 12.8 Å². The van der Waals surface area contributed by atoms with Crippen LogP contribution >= 0.6 is 0 Å². The van der Waals surface area contributed by atoms with Crippen molar-refractivity contribution in [1.82, 2.24) is 0 Å². The first-order chi connectivity index (χ1) is 30.8. The maximum absolute atomic E-state index is 12.8. The number of esters is 2. The molecule has 0 aromatic rings. The Morgan fingerprint density at radius 2 is 0.905 bits per heavy atom. The molecule has 0 spiro atoms. The number of hydrogen-bond acceptors (Lipinski definition) is 10. The normalized spacial score (nSPS) is 19.9. The van der Waals surface area contributed by atoms with Crippen LogP contribution in [-0.2, 0) is 28.5 Å². The van der Waals surface area contributed by atoms with Crippen molar-refractivity contribution in [3.63, 3.8) is 0 Å². The van der Waals surface area contributed by atoms with Gasteiger partial charge in [-0.15, -0.1) is 0 Å². The number of unbranched alkanes of at least 4 members (excludes halogenated alkanes) is 24. The number of ether oxygens (including phenoxy) is 4. The van der Waals surface area contributed by atoms with E-state index >= 15 is 0 Å². The summed E-state index contributed by atoms with van der Waals surface area (Å²) in [6, 6.07) is 0. The fraction of sp³-hybridized carbons (Fsp3) is 0.811. The van der Waals surface area contributed by atoms with Gasteiger partial charge < -0.3 is 39.4 Å². The highest BCUT2D eigenvalue weighted by molar-refractivity contribution is 5.70. The van der Waals surface area contributed by atoms with Crippen LogP contribution in [0.5, 0.6) is 0 Å². The van der Waals surface area contributed by atoms with Crippen LogP contribution in [0.15, 0.2) is 48.6 Å². The molecule has 1 fully saturated rings. The topological polar surface area (TPSA) is 152 Å². The van der Waals surface area contributed by atoms with E-state index in [9.17, 15) is 30.0 Å². The maximum Gasteiger partial charge on any atom is 0.306 e. The van der Waals surface area contributed by atoms with Gasteiger partial charge in [0.15, 0.2) is 12.4 Å². The molecular weight excluding hydrogens is 797 g/mol. The highest BCUT2D eigenvalue weighted by Gasteiger charge is 2.44. The number of carbonyl (C=O) groups is 2. The molecule has 0 aliphatic carbocycles. The van der Waals surface area contributed by atoms with Gasteiger partial charge >= 0.3 is 11.9 Å². The van der Waals surface area contributed by atoms with Gasteiger partial charge in [-0.05, 0) is 51.4 Å². The van der Waals surface area contributed by atoms with Gasteiger partial charge in [0, 0.05) is 12.8 Å². The van der Waals surface area contributed by atoms with Gasteiger partial charge in [-0.3, -0.25) is 9.59 Å².